The summed E-state index contributed by atoms with van der Waals surface area (Å²) in [6.07, 6.45) is 5.19. The fraction of sp³-hybridized carbons (Fsp3) is 0.556. The van der Waals surface area contributed by atoms with Gasteiger partial charge >= 0.3 is 0 Å². The number of hydrogen-bond donors (Lipinski definition) is 0. The third-order valence-corrected chi connectivity index (χ3v) is 7.28. The van der Waals surface area contributed by atoms with Gasteiger partial charge < -0.3 is 19.0 Å². The van der Waals surface area contributed by atoms with Gasteiger partial charge in [0.25, 0.3) is 0 Å². The summed E-state index contributed by atoms with van der Waals surface area (Å²) in [6, 6.07) is 14.0. The molecule has 1 saturated heterocycles. The number of nitrogens with zero attached hydrogens (tertiary/aromatic N) is 2. The van der Waals surface area contributed by atoms with Gasteiger partial charge in [0.15, 0.2) is 0 Å². The summed E-state index contributed by atoms with van der Waals surface area (Å²) in [6.45, 7) is 4.48. The van der Waals surface area contributed by atoms with Crippen molar-refractivity contribution in [1.29, 1.82) is 0 Å². The first kappa shape index (κ1) is 22.1. The lowest BCUT2D eigenvalue weighted by Crippen LogP contribution is -2.45. The zero-order chi connectivity index (χ0) is 22.8. The van der Waals surface area contributed by atoms with Crippen molar-refractivity contribution in [2.75, 3.05) is 19.7 Å². The lowest BCUT2D eigenvalue weighted by molar-refractivity contribution is -0.142. The minimum atomic E-state index is -0.00638. The average Bonchev–Trinajstić information content (AvgIpc) is 3.77. The van der Waals surface area contributed by atoms with Gasteiger partial charge in [-0.1, -0.05) is 25.1 Å². The molecule has 3 aliphatic rings. The molecule has 6 heteroatoms. The van der Waals surface area contributed by atoms with Crippen LogP contribution in [0, 0.1) is 11.8 Å². The number of piperidine rings is 1. The molecule has 2 aromatic rings. The molecule has 1 aromatic heterocycles. The summed E-state index contributed by atoms with van der Waals surface area (Å²) < 4.78 is 11.7. The number of rotatable bonds is 9. The van der Waals surface area contributed by atoms with Gasteiger partial charge in [0.2, 0.25) is 11.8 Å². The maximum atomic E-state index is 13.4. The monoisotopic (exact) mass is 450 g/mol. The van der Waals surface area contributed by atoms with Crippen molar-refractivity contribution in [3.05, 3.63) is 54.0 Å². The first-order chi connectivity index (χ1) is 16.1. The molecular weight excluding hydrogens is 416 g/mol. The lowest BCUT2D eigenvalue weighted by Gasteiger charge is -2.34. The smallest absolute Gasteiger partial charge is 0.226 e. The third kappa shape index (κ3) is 5.43. The summed E-state index contributed by atoms with van der Waals surface area (Å²) in [4.78, 5) is 29.9. The van der Waals surface area contributed by atoms with Crippen LogP contribution in [-0.2, 0) is 16.1 Å². The second-order valence-corrected chi connectivity index (χ2v) is 9.89. The highest BCUT2D eigenvalue weighted by Crippen LogP contribution is 2.47. The van der Waals surface area contributed by atoms with E-state index in [2.05, 4.69) is 13.0 Å². The molecule has 33 heavy (non-hydrogen) atoms. The first-order valence-corrected chi connectivity index (χ1v) is 12.4. The van der Waals surface area contributed by atoms with Gasteiger partial charge in [-0.3, -0.25) is 9.59 Å². The van der Waals surface area contributed by atoms with E-state index in [4.69, 9.17) is 9.15 Å². The number of carbonyl (C=O) groups is 2. The van der Waals surface area contributed by atoms with Crippen molar-refractivity contribution in [1.82, 2.24) is 9.80 Å². The fourth-order valence-corrected chi connectivity index (χ4v) is 4.88. The molecular formula is C27H34N2O4. The molecule has 0 bridgehead atoms. The normalized spacial score (nSPS) is 22.8. The molecule has 2 saturated carbocycles. The molecule has 0 spiro atoms. The fourth-order valence-electron chi connectivity index (χ4n) is 4.88. The second-order valence-electron chi connectivity index (χ2n) is 9.89. The number of para-hydroxylation sites is 1. The Hall–Kier alpha value is -2.76. The van der Waals surface area contributed by atoms with Gasteiger partial charge in [-0.05, 0) is 62.3 Å². The SMILES string of the molecule is CC1CC1c1ccc(CN(C(=O)C2CCN(C(=O)CCOc3ccccc3)CC2)C2CC2)o1. The summed E-state index contributed by atoms with van der Waals surface area (Å²) in [7, 11) is 0. The largest absolute Gasteiger partial charge is 0.493 e. The molecule has 6 nitrogen and oxygen atoms in total. The highest BCUT2D eigenvalue weighted by atomic mass is 16.5. The van der Waals surface area contributed by atoms with Crippen LogP contribution in [-0.4, -0.2) is 47.4 Å². The van der Waals surface area contributed by atoms with Crippen molar-refractivity contribution in [3.8, 4) is 5.75 Å². The Morgan fingerprint density at radius 1 is 1.06 bits per heavy atom. The minimum absolute atomic E-state index is 0.00638. The van der Waals surface area contributed by atoms with Crippen molar-refractivity contribution in [3.63, 3.8) is 0 Å². The number of ether oxygens (including phenoxy) is 1. The highest BCUT2D eigenvalue weighted by molar-refractivity contribution is 5.80. The van der Waals surface area contributed by atoms with Crippen LogP contribution >= 0.6 is 0 Å². The Balaban J connectivity index is 1.09. The van der Waals surface area contributed by atoms with Gasteiger partial charge in [0, 0.05) is 31.0 Å². The predicted octanol–water partition coefficient (Wildman–Crippen LogP) is 4.60. The molecule has 0 N–H and O–H groups in total. The molecule has 1 aromatic carbocycles. The van der Waals surface area contributed by atoms with E-state index in [1.807, 2.05) is 46.2 Å². The number of likely N-dealkylation sites (tertiary alicyclic amines) is 1. The minimum Gasteiger partial charge on any atom is -0.493 e. The van der Waals surface area contributed by atoms with Crippen molar-refractivity contribution < 1.29 is 18.7 Å². The van der Waals surface area contributed by atoms with E-state index in [0.29, 0.717) is 50.5 Å². The zero-order valence-electron chi connectivity index (χ0n) is 19.4. The third-order valence-electron chi connectivity index (χ3n) is 7.28. The summed E-state index contributed by atoms with van der Waals surface area (Å²) in [5, 5.41) is 0. The van der Waals surface area contributed by atoms with Crippen molar-refractivity contribution in [2.45, 2.75) is 64.0 Å². The standard InChI is InChI=1S/C27H34N2O4/c1-19-17-24(19)25-10-9-23(33-25)18-29(21-7-8-21)27(31)20-11-14-28(15-12-20)26(30)13-16-32-22-5-3-2-4-6-22/h2-6,9-10,19-21,24H,7-8,11-18H2,1H3. The quantitative estimate of drug-likeness (QED) is 0.560. The van der Waals surface area contributed by atoms with Crippen molar-refractivity contribution >= 4 is 11.8 Å². The van der Waals surface area contributed by atoms with Crippen LogP contribution in [0.5, 0.6) is 5.75 Å². The number of benzene rings is 1. The van der Waals surface area contributed by atoms with Crippen LogP contribution in [0.25, 0.3) is 0 Å². The van der Waals surface area contributed by atoms with Crippen LogP contribution in [0.2, 0.25) is 0 Å². The van der Waals surface area contributed by atoms with Crippen molar-refractivity contribution in [2.24, 2.45) is 11.8 Å². The molecule has 2 amide bonds. The van der Waals surface area contributed by atoms with E-state index in [1.165, 1.54) is 6.42 Å². The van der Waals surface area contributed by atoms with E-state index in [0.717, 1.165) is 43.0 Å². The summed E-state index contributed by atoms with van der Waals surface area (Å²) in [5.41, 5.74) is 0. The Labute approximate surface area is 195 Å². The lowest BCUT2D eigenvalue weighted by atomic mass is 9.95. The Bertz CT molecular complexity index is 960. The first-order valence-electron chi connectivity index (χ1n) is 12.4. The van der Waals surface area contributed by atoms with Crippen LogP contribution in [0.15, 0.2) is 46.9 Å². The van der Waals surface area contributed by atoms with E-state index < -0.39 is 0 Å². The Kier molecular flexibility index (Phi) is 6.43. The number of carbonyl (C=O) groups excluding carboxylic acids is 2. The van der Waals surface area contributed by atoms with E-state index in [9.17, 15) is 9.59 Å². The number of hydrogen-bond acceptors (Lipinski definition) is 4. The maximum absolute atomic E-state index is 13.4. The molecule has 2 heterocycles. The second kappa shape index (κ2) is 9.62. The van der Waals surface area contributed by atoms with Crippen LogP contribution in [0.1, 0.15) is 62.9 Å². The number of furan rings is 1. The molecule has 0 radical (unpaired) electrons. The molecule has 2 unspecified atom stereocenters. The van der Waals surface area contributed by atoms with Gasteiger partial charge in [0.1, 0.15) is 17.3 Å². The van der Waals surface area contributed by atoms with Gasteiger partial charge in [-0.2, -0.15) is 0 Å². The molecule has 1 aliphatic heterocycles. The molecule has 2 aliphatic carbocycles. The van der Waals surface area contributed by atoms with E-state index >= 15 is 0 Å². The van der Waals surface area contributed by atoms with E-state index in [-0.39, 0.29) is 17.7 Å². The van der Waals surface area contributed by atoms with Gasteiger partial charge in [-0.25, -0.2) is 0 Å². The zero-order valence-corrected chi connectivity index (χ0v) is 19.4. The van der Waals surface area contributed by atoms with Crippen LogP contribution in [0.4, 0.5) is 0 Å². The predicted molar refractivity (Wildman–Crippen MR) is 125 cm³/mol. The molecule has 2 atom stereocenters. The number of amides is 2. The molecule has 176 valence electrons. The molecule has 5 rings (SSSR count). The molecule has 3 fully saturated rings. The summed E-state index contributed by atoms with van der Waals surface area (Å²) >= 11 is 0. The Morgan fingerprint density at radius 2 is 1.79 bits per heavy atom. The summed E-state index contributed by atoms with van der Waals surface area (Å²) in [5.74, 6) is 4.35. The average molecular weight is 451 g/mol. The highest BCUT2D eigenvalue weighted by Gasteiger charge is 2.39. The maximum Gasteiger partial charge on any atom is 0.226 e. The van der Waals surface area contributed by atoms with E-state index in [1.54, 1.807) is 0 Å². The van der Waals surface area contributed by atoms with Crippen LogP contribution in [0.3, 0.4) is 0 Å². The van der Waals surface area contributed by atoms with Gasteiger partial charge in [-0.15, -0.1) is 0 Å². The van der Waals surface area contributed by atoms with Gasteiger partial charge in [0.05, 0.1) is 19.6 Å². The topological polar surface area (TPSA) is 63.0 Å². The van der Waals surface area contributed by atoms with Crippen LogP contribution < -0.4 is 4.74 Å². The Morgan fingerprint density at radius 3 is 2.45 bits per heavy atom.